The molecule has 0 saturated carbocycles. The summed E-state index contributed by atoms with van der Waals surface area (Å²) in [6.07, 6.45) is 0.187. The third-order valence-corrected chi connectivity index (χ3v) is 2.93. The molecule has 20 heavy (non-hydrogen) atoms. The number of amides is 1. The number of nitro benzene ring substituents is 1. The predicted octanol–water partition coefficient (Wildman–Crippen LogP) is 3.08. The van der Waals surface area contributed by atoms with E-state index in [4.69, 9.17) is 0 Å². The molecule has 1 N–H and O–H groups in total. The minimum atomic E-state index is -0.461. The average Bonchev–Trinajstić information content (AvgIpc) is 2.42. The molecule has 2 aromatic carbocycles. The van der Waals surface area contributed by atoms with Gasteiger partial charge in [-0.25, -0.2) is 0 Å². The van der Waals surface area contributed by atoms with Crippen molar-refractivity contribution < 1.29 is 9.72 Å². The number of anilines is 1. The number of benzene rings is 2. The van der Waals surface area contributed by atoms with Gasteiger partial charge >= 0.3 is 0 Å². The van der Waals surface area contributed by atoms with Crippen LogP contribution in [0.15, 0.2) is 48.5 Å². The van der Waals surface area contributed by atoms with Gasteiger partial charge in [-0.05, 0) is 24.1 Å². The van der Waals surface area contributed by atoms with Gasteiger partial charge in [0.2, 0.25) is 5.91 Å². The topological polar surface area (TPSA) is 72.2 Å². The fraction of sp³-hybridized carbons (Fsp3) is 0.133. The van der Waals surface area contributed by atoms with Crippen molar-refractivity contribution in [1.29, 1.82) is 0 Å². The first-order valence-corrected chi connectivity index (χ1v) is 6.15. The molecule has 0 bridgehead atoms. The maximum Gasteiger partial charge on any atom is 0.269 e. The molecular formula is C15H14N2O3. The molecule has 0 radical (unpaired) electrons. The van der Waals surface area contributed by atoms with Gasteiger partial charge in [-0.1, -0.05) is 30.3 Å². The van der Waals surface area contributed by atoms with Crippen LogP contribution in [0, 0.1) is 17.0 Å². The highest BCUT2D eigenvalue weighted by molar-refractivity contribution is 5.92. The number of para-hydroxylation sites is 1. The Bertz CT molecular complexity index is 636. The summed E-state index contributed by atoms with van der Waals surface area (Å²) in [5.41, 5.74) is 2.53. The SMILES string of the molecule is Cc1ccccc1NC(=O)Cc1ccc([N+](=O)[O-])cc1. The first-order chi connectivity index (χ1) is 9.56. The second kappa shape index (κ2) is 5.97. The molecule has 0 unspecified atom stereocenters. The molecule has 0 aliphatic rings. The maximum atomic E-state index is 11.9. The Labute approximate surface area is 116 Å². The van der Waals surface area contributed by atoms with Crippen LogP contribution in [0.5, 0.6) is 0 Å². The van der Waals surface area contributed by atoms with Crippen LogP contribution in [-0.2, 0) is 11.2 Å². The predicted molar refractivity (Wildman–Crippen MR) is 76.6 cm³/mol. The van der Waals surface area contributed by atoms with E-state index >= 15 is 0 Å². The zero-order chi connectivity index (χ0) is 14.5. The van der Waals surface area contributed by atoms with Gasteiger partial charge in [0.25, 0.3) is 5.69 Å². The van der Waals surface area contributed by atoms with Gasteiger partial charge in [0, 0.05) is 17.8 Å². The second-order valence-electron chi connectivity index (χ2n) is 4.46. The Balaban J connectivity index is 2.01. The summed E-state index contributed by atoms with van der Waals surface area (Å²) in [4.78, 5) is 22.0. The number of hydrogen-bond donors (Lipinski definition) is 1. The molecule has 0 aliphatic carbocycles. The summed E-state index contributed by atoms with van der Waals surface area (Å²) >= 11 is 0. The fourth-order valence-corrected chi connectivity index (χ4v) is 1.83. The number of non-ortho nitro benzene ring substituents is 1. The van der Waals surface area contributed by atoms with E-state index in [0.29, 0.717) is 0 Å². The molecule has 2 rings (SSSR count). The Hall–Kier alpha value is -2.69. The zero-order valence-corrected chi connectivity index (χ0v) is 11.0. The highest BCUT2D eigenvalue weighted by Crippen LogP contribution is 2.15. The maximum absolute atomic E-state index is 11.9. The molecule has 102 valence electrons. The van der Waals surface area contributed by atoms with Gasteiger partial charge in [0.1, 0.15) is 0 Å². The first-order valence-electron chi connectivity index (χ1n) is 6.15. The van der Waals surface area contributed by atoms with Crippen LogP contribution >= 0.6 is 0 Å². The van der Waals surface area contributed by atoms with Crippen molar-refractivity contribution in [3.63, 3.8) is 0 Å². The Morgan fingerprint density at radius 2 is 1.80 bits per heavy atom. The van der Waals surface area contributed by atoms with Crippen LogP contribution in [-0.4, -0.2) is 10.8 Å². The van der Waals surface area contributed by atoms with Crippen LogP contribution in [0.2, 0.25) is 0 Å². The highest BCUT2D eigenvalue weighted by Gasteiger charge is 2.08. The third-order valence-electron chi connectivity index (χ3n) is 2.93. The monoisotopic (exact) mass is 270 g/mol. The first kappa shape index (κ1) is 13.7. The summed E-state index contributed by atoms with van der Waals surface area (Å²) < 4.78 is 0. The van der Waals surface area contributed by atoms with Crippen LogP contribution in [0.3, 0.4) is 0 Å². The number of rotatable bonds is 4. The van der Waals surface area contributed by atoms with E-state index < -0.39 is 4.92 Å². The summed E-state index contributed by atoms with van der Waals surface area (Å²) in [5.74, 6) is -0.145. The molecule has 0 fully saturated rings. The molecule has 0 spiro atoms. The summed E-state index contributed by atoms with van der Waals surface area (Å²) in [5, 5.41) is 13.4. The molecule has 0 saturated heterocycles. The standard InChI is InChI=1S/C15H14N2O3/c1-11-4-2-3-5-14(11)16-15(18)10-12-6-8-13(9-7-12)17(19)20/h2-9H,10H2,1H3,(H,16,18). The Morgan fingerprint density at radius 3 is 2.40 bits per heavy atom. The van der Waals surface area contributed by atoms with Crippen LogP contribution < -0.4 is 5.32 Å². The average molecular weight is 270 g/mol. The van der Waals surface area contributed by atoms with E-state index in [1.165, 1.54) is 12.1 Å². The van der Waals surface area contributed by atoms with Gasteiger partial charge < -0.3 is 5.32 Å². The largest absolute Gasteiger partial charge is 0.326 e. The number of carbonyl (C=O) groups is 1. The van der Waals surface area contributed by atoms with Crippen LogP contribution in [0.1, 0.15) is 11.1 Å². The van der Waals surface area contributed by atoms with E-state index in [0.717, 1.165) is 16.8 Å². The molecule has 1 amide bonds. The Morgan fingerprint density at radius 1 is 1.15 bits per heavy atom. The van der Waals surface area contributed by atoms with Crippen molar-refractivity contribution in [2.75, 3.05) is 5.32 Å². The minimum Gasteiger partial charge on any atom is -0.326 e. The number of nitrogens with one attached hydrogen (secondary N) is 1. The molecule has 5 nitrogen and oxygen atoms in total. The molecule has 0 aromatic heterocycles. The fourth-order valence-electron chi connectivity index (χ4n) is 1.83. The van der Waals surface area contributed by atoms with E-state index in [9.17, 15) is 14.9 Å². The second-order valence-corrected chi connectivity index (χ2v) is 4.46. The lowest BCUT2D eigenvalue weighted by Gasteiger charge is -2.07. The molecule has 5 heteroatoms. The van der Waals surface area contributed by atoms with Crippen LogP contribution in [0.25, 0.3) is 0 Å². The molecule has 0 aliphatic heterocycles. The van der Waals surface area contributed by atoms with Crippen molar-refractivity contribution >= 4 is 17.3 Å². The summed E-state index contributed by atoms with van der Waals surface area (Å²) in [6.45, 7) is 1.92. The van der Waals surface area contributed by atoms with Crippen molar-refractivity contribution in [2.24, 2.45) is 0 Å². The smallest absolute Gasteiger partial charge is 0.269 e. The number of hydrogen-bond acceptors (Lipinski definition) is 3. The number of carbonyl (C=O) groups excluding carboxylic acids is 1. The quantitative estimate of drug-likeness (QED) is 0.685. The van der Waals surface area contributed by atoms with Crippen molar-refractivity contribution in [3.05, 3.63) is 69.8 Å². The molecule has 0 atom stereocenters. The lowest BCUT2D eigenvalue weighted by Crippen LogP contribution is -2.15. The third kappa shape index (κ3) is 3.41. The molecule has 0 heterocycles. The number of aryl methyl sites for hydroxylation is 1. The van der Waals surface area contributed by atoms with Gasteiger partial charge in [0.05, 0.1) is 11.3 Å². The number of nitro groups is 1. The van der Waals surface area contributed by atoms with Gasteiger partial charge in [-0.3, -0.25) is 14.9 Å². The molecular weight excluding hydrogens is 256 g/mol. The zero-order valence-electron chi connectivity index (χ0n) is 11.0. The lowest BCUT2D eigenvalue weighted by molar-refractivity contribution is -0.384. The van der Waals surface area contributed by atoms with E-state index in [1.54, 1.807) is 12.1 Å². The number of nitrogens with zero attached hydrogens (tertiary/aromatic N) is 1. The normalized spacial score (nSPS) is 10.1. The summed E-state index contributed by atoms with van der Waals surface area (Å²) in [6, 6.07) is 13.5. The van der Waals surface area contributed by atoms with Gasteiger partial charge in [-0.2, -0.15) is 0 Å². The van der Waals surface area contributed by atoms with Crippen molar-refractivity contribution in [2.45, 2.75) is 13.3 Å². The van der Waals surface area contributed by atoms with Gasteiger partial charge in [0.15, 0.2) is 0 Å². The van der Waals surface area contributed by atoms with E-state index in [-0.39, 0.29) is 18.0 Å². The van der Waals surface area contributed by atoms with Crippen molar-refractivity contribution in [3.8, 4) is 0 Å². The van der Waals surface area contributed by atoms with Gasteiger partial charge in [-0.15, -0.1) is 0 Å². The summed E-state index contributed by atoms with van der Waals surface area (Å²) in [7, 11) is 0. The van der Waals surface area contributed by atoms with E-state index in [1.807, 2.05) is 31.2 Å². The highest BCUT2D eigenvalue weighted by atomic mass is 16.6. The molecule has 2 aromatic rings. The van der Waals surface area contributed by atoms with Crippen LogP contribution in [0.4, 0.5) is 11.4 Å². The van der Waals surface area contributed by atoms with E-state index in [2.05, 4.69) is 5.32 Å². The Kier molecular flexibility index (Phi) is 4.10. The van der Waals surface area contributed by atoms with Crippen molar-refractivity contribution in [1.82, 2.24) is 0 Å². The lowest BCUT2D eigenvalue weighted by atomic mass is 10.1. The minimum absolute atomic E-state index is 0.0214.